The van der Waals surface area contributed by atoms with Gasteiger partial charge in [-0.15, -0.1) is 0 Å². The summed E-state index contributed by atoms with van der Waals surface area (Å²) in [5.41, 5.74) is 0. The molecule has 0 aromatic heterocycles. The molecule has 16 heavy (non-hydrogen) atoms. The third-order valence-electron chi connectivity index (χ3n) is 3.40. The first-order valence-corrected chi connectivity index (χ1v) is 8.12. The minimum atomic E-state index is -2.83. The SMILES string of the molecule is CCC(C)C1CN(CCS(C)(=O)=O)CCN1. The number of piperazine rings is 1. The Morgan fingerprint density at radius 2 is 2.19 bits per heavy atom. The van der Waals surface area contributed by atoms with E-state index < -0.39 is 9.84 Å². The number of rotatable bonds is 5. The monoisotopic (exact) mass is 248 g/mol. The van der Waals surface area contributed by atoms with Crippen LogP contribution >= 0.6 is 0 Å². The third kappa shape index (κ3) is 4.80. The second kappa shape index (κ2) is 5.98. The Bertz CT molecular complexity index is 303. The van der Waals surface area contributed by atoms with E-state index >= 15 is 0 Å². The number of nitrogens with zero attached hydrogens (tertiary/aromatic N) is 1. The van der Waals surface area contributed by atoms with Gasteiger partial charge in [-0.05, 0) is 5.92 Å². The molecule has 0 aromatic rings. The maximum atomic E-state index is 11.1. The predicted molar refractivity (Wildman–Crippen MR) is 67.4 cm³/mol. The maximum Gasteiger partial charge on any atom is 0.148 e. The van der Waals surface area contributed by atoms with Crippen LogP contribution in [-0.2, 0) is 9.84 Å². The average Bonchev–Trinajstić information content (AvgIpc) is 2.25. The van der Waals surface area contributed by atoms with E-state index in [4.69, 9.17) is 0 Å². The molecule has 2 atom stereocenters. The van der Waals surface area contributed by atoms with Gasteiger partial charge in [-0.3, -0.25) is 4.90 Å². The van der Waals surface area contributed by atoms with E-state index in [1.54, 1.807) is 0 Å². The first-order chi connectivity index (χ1) is 7.42. The molecule has 4 nitrogen and oxygen atoms in total. The summed E-state index contributed by atoms with van der Waals surface area (Å²) in [5.74, 6) is 0.932. The fraction of sp³-hybridized carbons (Fsp3) is 1.00. The quantitative estimate of drug-likeness (QED) is 0.763. The van der Waals surface area contributed by atoms with Crippen molar-refractivity contribution in [3.8, 4) is 0 Å². The molecule has 1 N–H and O–H groups in total. The van der Waals surface area contributed by atoms with Crippen LogP contribution in [-0.4, -0.2) is 57.5 Å². The first kappa shape index (κ1) is 13.9. The molecule has 1 fully saturated rings. The van der Waals surface area contributed by atoms with Crippen LogP contribution in [0.5, 0.6) is 0 Å². The van der Waals surface area contributed by atoms with Gasteiger partial charge in [0.1, 0.15) is 9.84 Å². The molecule has 0 spiro atoms. The molecule has 0 bridgehead atoms. The summed E-state index contributed by atoms with van der Waals surface area (Å²) >= 11 is 0. The molecule has 1 heterocycles. The molecule has 96 valence electrons. The largest absolute Gasteiger partial charge is 0.311 e. The van der Waals surface area contributed by atoms with E-state index in [0.717, 1.165) is 26.1 Å². The number of nitrogens with one attached hydrogen (secondary N) is 1. The van der Waals surface area contributed by atoms with Crippen molar-refractivity contribution in [3.63, 3.8) is 0 Å². The van der Waals surface area contributed by atoms with Crippen LogP contribution in [0.15, 0.2) is 0 Å². The van der Waals surface area contributed by atoms with Gasteiger partial charge >= 0.3 is 0 Å². The molecule has 1 saturated heterocycles. The summed E-state index contributed by atoms with van der Waals surface area (Å²) in [6.45, 7) is 8.03. The normalized spacial score (nSPS) is 25.6. The zero-order valence-electron chi connectivity index (χ0n) is 10.6. The molecule has 2 unspecified atom stereocenters. The van der Waals surface area contributed by atoms with Crippen LogP contribution < -0.4 is 5.32 Å². The van der Waals surface area contributed by atoms with Crippen LogP contribution in [0.25, 0.3) is 0 Å². The summed E-state index contributed by atoms with van der Waals surface area (Å²) < 4.78 is 22.2. The molecule has 1 aliphatic rings. The Labute approximate surface area is 99.3 Å². The van der Waals surface area contributed by atoms with Crippen molar-refractivity contribution >= 4 is 9.84 Å². The zero-order valence-corrected chi connectivity index (χ0v) is 11.4. The van der Waals surface area contributed by atoms with Gasteiger partial charge in [0.25, 0.3) is 0 Å². The summed E-state index contributed by atoms with van der Waals surface area (Å²) in [6.07, 6.45) is 2.47. The van der Waals surface area contributed by atoms with Crippen LogP contribution in [0.1, 0.15) is 20.3 Å². The van der Waals surface area contributed by atoms with Gasteiger partial charge in [0, 0.05) is 38.5 Å². The molecular weight excluding hydrogens is 224 g/mol. The minimum Gasteiger partial charge on any atom is -0.311 e. The highest BCUT2D eigenvalue weighted by atomic mass is 32.2. The Hall–Kier alpha value is -0.130. The fourth-order valence-electron chi connectivity index (χ4n) is 2.01. The van der Waals surface area contributed by atoms with E-state index in [0.29, 0.717) is 18.5 Å². The molecule has 0 aliphatic carbocycles. The lowest BCUT2D eigenvalue weighted by molar-refractivity contribution is 0.176. The maximum absolute atomic E-state index is 11.1. The van der Waals surface area contributed by atoms with E-state index in [1.807, 2.05) is 0 Å². The minimum absolute atomic E-state index is 0.278. The Morgan fingerprint density at radius 3 is 2.75 bits per heavy atom. The van der Waals surface area contributed by atoms with Crippen molar-refractivity contribution in [2.45, 2.75) is 26.3 Å². The molecule has 0 radical (unpaired) electrons. The van der Waals surface area contributed by atoms with Gasteiger partial charge in [0.05, 0.1) is 5.75 Å². The highest BCUT2D eigenvalue weighted by Gasteiger charge is 2.23. The summed E-state index contributed by atoms with van der Waals surface area (Å²) in [6, 6.07) is 0.512. The highest BCUT2D eigenvalue weighted by molar-refractivity contribution is 7.90. The van der Waals surface area contributed by atoms with E-state index in [2.05, 4.69) is 24.1 Å². The molecule has 5 heteroatoms. The van der Waals surface area contributed by atoms with Crippen molar-refractivity contribution in [2.24, 2.45) is 5.92 Å². The topological polar surface area (TPSA) is 49.4 Å². The second-order valence-corrected chi connectivity index (χ2v) is 7.14. The lowest BCUT2D eigenvalue weighted by atomic mass is 9.97. The number of hydrogen-bond donors (Lipinski definition) is 1. The fourth-order valence-corrected chi connectivity index (χ4v) is 2.60. The standard InChI is InChI=1S/C11H24N2O2S/c1-4-10(2)11-9-13(6-5-12-11)7-8-16(3,14)15/h10-12H,4-9H2,1-3H3. The smallest absolute Gasteiger partial charge is 0.148 e. The summed E-state index contributed by atoms with van der Waals surface area (Å²) in [7, 11) is -2.83. The predicted octanol–water partition coefficient (Wildman–Crippen LogP) is 0.351. The van der Waals surface area contributed by atoms with Crippen molar-refractivity contribution in [1.82, 2.24) is 10.2 Å². The molecule has 1 aliphatic heterocycles. The van der Waals surface area contributed by atoms with Crippen molar-refractivity contribution in [3.05, 3.63) is 0 Å². The Balaban J connectivity index is 2.39. The lowest BCUT2D eigenvalue weighted by Crippen LogP contribution is -2.53. The van der Waals surface area contributed by atoms with Crippen LogP contribution in [0, 0.1) is 5.92 Å². The van der Waals surface area contributed by atoms with Gasteiger partial charge in [0.15, 0.2) is 0 Å². The Kier molecular flexibility index (Phi) is 5.21. The highest BCUT2D eigenvalue weighted by Crippen LogP contribution is 2.12. The van der Waals surface area contributed by atoms with Crippen LogP contribution in [0.4, 0.5) is 0 Å². The lowest BCUT2D eigenvalue weighted by Gasteiger charge is -2.36. The molecule has 0 aromatic carbocycles. The van der Waals surface area contributed by atoms with E-state index in [9.17, 15) is 8.42 Å². The van der Waals surface area contributed by atoms with Crippen LogP contribution in [0.3, 0.4) is 0 Å². The van der Waals surface area contributed by atoms with E-state index in [1.165, 1.54) is 6.26 Å². The van der Waals surface area contributed by atoms with Gasteiger partial charge in [-0.1, -0.05) is 20.3 Å². The second-order valence-electron chi connectivity index (χ2n) is 4.88. The van der Waals surface area contributed by atoms with Gasteiger partial charge in [-0.2, -0.15) is 0 Å². The average molecular weight is 248 g/mol. The summed E-state index contributed by atoms with van der Waals surface area (Å²) in [5, 5.41) is 3.51. The van der Waals surface area contributed by atoms with Crippen LogP contribution in [0.2, 0.25) is 0 Å². The molecule has 0 saturated carbocycles. The molecular formula is C11H24N2O2S. The first-order valence-electron chi connectivity index (χ1n) is 6.06. The van der Waals surface area contributed by atoms with Crippen molar-refractivity contribution in [1.29, 1.82) is 0 Å². The number of hydrogen-bond acceptors (Lipinski definition) is 4. The number of sulfone groups is 1. The van der Waals surface area contributed by atoms with E-state index in [-0.39, 0.29) is 5.75 Å². The molecule has 1 rings (SSSR count). The van der Waals surface area contributed by atoms with Gasteiger partial charge < -0.3 is 5.32 Å². The third-order valence-corrected chi connectivity index (χ3v) is 4.32. The molecule has 0 amide bonds. The Morgan fingerprint density at radius 1 is 1.50 bits per heavy atom. The van der Waals surface area contributed by atoms with Gasteiger partial charge in [0.2, 0.25) is 0 Å². The van der Waals surface area contributed by atoms with Crippen molar-refractivity contribution in [2.75, 3.05) is 38.2 Å². The van der Waals surface area contributed by atoms with Gasteiger partial charge in [-0.25, -0.2) is 8.42 Å². The summed E-state index contributed by atoms with van der Waals surface area (Å²) in [4.78, 5) is 2.26. The van der Waals surface area contributed by atoms with Crippen molar-refractivity contribution < 1.29 is 8.42 Å². The zero-order chi connectivity index (χ0) is 12.2.